The molecule has 136 valence electrons. The summed E-state index contributed by atoms with van der Waals surface area (Å²) in [7, 11) is 0. The second-order valence-electron chi connectivity index (χ2n) is 6.53. The van der Waals surface area contributed by atoms with Crippen LogP contribution in [0.2, 0.25) is 0 Å². The molecule has 4 nitrogen and oxygen atoms in total. The Bertz CT molecular complexity index is 796. The molecule has 1 amide bonds. The fourth-order valence-corrected chi connectivity index (χ4v) is 3.26. The van der Waals surface area contributed by atoms with Gasteiger partial charge in [-0.3, -0.25) is 9.59 Å². The van der Waals surface area contributed by atoms with Gasteiger partial charge in [-0.05, 0) is 24.8 Å². The predicted octanol–water partition coefficient (Wildman–Crippen LogP) is 3.41. The topological polar surface area (TPSA) is 50.3 Å². The number of amides is 1. The van der Waals surface area contributed by atoms with Gasteiger partial charge in [0.15, 0.2) is 11.5 Å². The number of carbonyl (C=O) groups is 2. The molecule has 0 aliphatic carbocycles. The third-order valence-electron chi connectivity index (χ3n) is 4.68. The van der Waals surface area contributed by atoms with Gasteiger partial charge in [-0.2, -0.15) is 0 Å². The first-order valence-electron chi connectivity index (χ1n) is 8.71. The molecule has 6 heteroatoms. The molecule has 0 saturated carbocycles. The zero-order chi connectivity index (χ0) is 18.5. The Kier molecular flexibility index (Phi) is 5.71. The van der Waals surface area contributed by atoms with Crippen LogP contribution >= 0.6 is 0 Å². The summed E-state index contributed by atoms with van der Waals surface area (Å²) in [5.74, 6) is -2.54. The molecule has 3 rings (SSSR count). The minimum Gasteiger partial charge on any atom is -0.336 e. The Balaban J connectivity index is 1.61. The van der Waals surface area contributed by atoms with Gasteiger partial charge in [-0.15, -0.1) is 0 Å². The number of Topliss-reactive ketones (excluding diaryl/α,β-unsaturated/α-hetero) is 1. The number of benzene rings is 1. The third-order valence-corrected chi connectivity index (χ3v) is 4.68. The minimum absolute atomic E-state index is 0.110. The predicted molar refractivity (Wildman–Crippen MR) is 92.6 cm³/mol. The van der Waals surface area contributed by atoms with Gasteiger partial charge in [-0.25, -0.2) is 13.8 Å². The van der Waals surface area contributed by atoms with Crippen LogP contribution in [0.15, 0.2) is 42.6 Å². The van der Waals surface area contributed by atoms with E-state index in [0.29, 0.717) is 31.9 Å². The van der Waals surface area contributed by atoms with Crippen molar-refractivity contribution in [2.24, 2.45) is 5.92 Å². The first-order valence-corrected chi connectivity index (χ1v) is 8.71. The second-order valence-corrected chi connectivity index (χ2v) is 6.53. The van der Waals surface area contributed by atoms with Crippen molar-refractivity contribution in [3.05, 3.63) is 65.5 Å². The van der Waals surface area contributed by atoms with Crippen LogP contribution in [0.5, 0.6) is 0 Å². The number of halogens is 2. The SMILES string of the molecule is O=C(CCc1ccccc1)[C@@H]1CCCN(C(=O)c2ncc(F)cc2F)C1. The highest BCUT2D eigenvalue weighted by atomic mass is 19.1. The molecule has 1 aliphatic rings. The summed E-state index contributed by atoms with van der Waals surface area (Å²) >= 11 is 0. The molecule has 0 N–H and O–H groups in total. The number of pyridine rings is 1. The molecule has 1 aromatic carbocycles. The number of hydrogen-bond donors (Lipinski definition) is 0. The van der Waals surface area contributed by atoms with Crippen LogP contribution in [-0.4, -0.2) is 34.7 Å². The summed E-state index contributed by atoms with van der Waals surface area (Å²) in [6.45, 7) is 0.699. The van der Waals surface area contributed by atoms with Crippen LogP contribution in [0.1, 0.15) is 35.3 Å². The first kappa shape index (κ1) is 18.2. The summed E-state index contributed by atoms with van der Waals surface area (Å²) in [4.78, 5) is 30.0. The van der Waals surface area contributed by atoms with Gasteiger partial charge in [0.05, 0.1) is 6.20 Å². The molecular weight excluding hydrogens is 338 g/mol. The Hall–Kier alpha value is -2.63. The van der Waals surface area contributed by atoms with Gasteiger partial charge in [0.25, 0.3) is 5.91 Å². The molecule has 1 aliphatic heterocycles. The summed E-state index contributed by atoms with van der Waals surface area (Å²) in [5, 5.41) is 0. The quantitative estimate of drug-likeness (QED) is 0.823. The van der Waals surface area contributed by atoms with Gasteiger partial charge in [0.1, 0.15) is 11.6 Å². The maximum Gasteiger partial charge on any atom is 0.275 e. The number of ketones is 1. The zero-order valence-electron chi connectivity index (χ0n) is 14.3. The van der Waals surface area contributed by atoms with Crippen LogP contribution in [0.3, 0.4) is 0 Å². The molecule has 0 unspecified atom stereocenters. The van der Waals surface area contributed by atoms with Crippen molar-refractivity contribution in [2.45, 2.75) is 25.7 Å². The molecule has 0 radical (unpaired) electrons. The van der Waals surface area contributed by atoms with Crippen LogP contribution in [0, 0.1) is 17.6 Å². The Morgan fingerprint density at radius 1 is 1.19 bits per heavy atom. The lowest BCUT2D eigenvalue weighted by molar-refractivity contribution is -0.124. The van der Waals surface area contributed by atoms with Crippen LogP contribution < -0.4 is 0 Å². The van der Waals surface area contributed by atoms with Crippen molar-refractivity contribution in [1.82, 2.24) is 9.88 Å². The van der Waals surface area contributed by atoms with E-state index in [-0.39, 0.29) is 18.2 Å². The number of aryl methyl sites for hydroxylation is 1. The smallest absolute Gasteiger partial charge is 0.275 e. The Labute approximate surface area is 150 Å². The Morgan fingerprint density at radius 3 is 2.69 bits per heavy atom. The van der Waals surface area contributed by atoms with E-state index in [9.17, 15) is 18.4 Å². The van der Waals surface area contributed by atoms with Crippen molar-refractivity contribution in [3.63, 3.8) is 0 Å². The number of likely N-dealkylation sites (tertiary alicyclic amines) is 1. The van der Waals surface area contributed by atoms with E-state index in [2.05, 4.69) is 4.98 Å². The largest absolute Gasteiger partial charge is 0.336 e. The molecule has 0 spiro atoms. The van der Waals surface area contributed by atoms with Gasteiger partial charge in [0.2, 0.25) is 0 Å². The van der Waals surface area contributed by atoms with E-state index >= 15 is 0 Å². The van der Waals surface area contributed by atoms with Crippen molar-refractivity contribution in [1.29, 1.82) is 0 Å². The summed E-state index contributed by atoms with van der Waals surface area (Å²) in [6, 6.07) is 10.4. The highest BCUT2D eigenvalue weighted by molar-refractivity contribution is 5.93. The fourth-order valence-electron chi connectivity index (χ4n) is 3.26. The van der Waals surface area contributed by atoms with Crippen molar-refractivity contribution in [3.8, 4) is 0 Å². The number of carbonyl (C=O) groups excluding carboxylic acids is 2. The van der Waals surface area contributed by atoms with Crippen LogP contribution in [-0.2, 0) is 11.2 Å². The lowest BCUT2D eigenvalue weighted by Gasteiger charge is -2.32. The fraction of sp³-hybridized carbons (Fsp3) is 0.350. The van der Waals surface area contributed by atoms with E-state index in [1.54, 1.807) is 0 Å². The van der Waals surface area contributed by atoms with Crippen LogP contribution in [0.25, 0.3) is 0 Å². The molecule has 0 bridgehead atoms. The molecule has 2 aromatic rings. The average Bonchev–Trinajstić information content (AvgIpc) is 2.66. The van der Waals surface area contributed by atoms with Gasteiger partial charge < -0.3 is 4.90 Å². The molecule has 1 saturated heterocycles. The van der Waals surface area contributed by atoms with Crippen molar-refractivity contribution in [2.75, 3.05) is 13.1 Å². The lowest BCUT2D eigenvalue weighted by atomic mass is 9.90. The van der Waals surface area contributed by atoms with E-state index in [1.807, 2.05) is 30.3 Å². The monoisotopic (exact) mass is 358 g/mol. The van der Waals surface area contributed by atoms with E-state index in [1.165, 1.54) is 4.90 Å². The van der Waals surface area contributed by atoms with Gasteiger partial charge in [-0.1, -0.05) is 30.3 Å². The van der Waals surface area contributed by atoms with E-state index in [4.69, 9.17) is 0 Å². The Morgan fingerprint density at radius 2 is 1.96 bits per heavy atom. The van der Waals surface area contributed by atoms with E-state index in [0.717, 1.165) is 18.2 Å². The number of hydrogen-bond acceptors (Lipinski definition) is 3. The molecule has 1 aromatic heterocycles. The maximum atomic E-state index is 13.8. The first-order chi connectivity index (χ1) is 12.5. The molecular formula is C20H20F2N2O2. The lowest BCUT2D eigenvalue weighted by Crippen LogP contribution is -2.43. The highest BCUT2D eigenvalue weighted by Crippen LogP contribution is 2.21. The number of aromatic nitrogens is 1. The summed E-state index contributed by atoms with van der Waals surface area (Å²) in [5.41, 5.74) is 0.700. The number of nitrogens with zero attached hydrogens (tertiary/aromatic N) is 2. The highest BCUT2D eigenvalue weighted by Gasteiger charge is 2.30. The maximum absolute atomic E-state index is 13.8. The average molecular weight is 358 g/mol. The molecule has 1 atom stereocenters. The summed E-state index contributed by atoms with van der Waals surface area (Å²) < 4.78 is 26.8. The standard InChI is InChI=1S/C20H20F2N2O2/c21-16-11-17(22)19(23-12-16)20(26)24-10-4-7-15(13-24)18(25)9-8-14-5-2-1-3-6-14/h1-3,5-6,11-12,15H,4,7-10,13H2/t15-/m1/s1. The van der Waals surface area contributed by atoms with Crippen LogP contribution in [0.4, 0.5) is 8.78 Å². The number of rotatable bonds is 5. The molecule has 26 heavy (non-hydrogen) atoms. The zero-order valence-corrected chi connectivity index (χ0v) is 14.3. The minimum atomic E-state index is -0.979. The van der Waals surface area contributed by atoms with Gasteiger partial charge >= 0.3 is 0 Å². The molecule has 2 heterocycles. The second kappa shape index (κ2) is 8.17. The number of piperidine rings is 1. The van der Waals surface area contributed by atoms with Crippen molar-refractivity contribution >= 4 is 11.7 Å². The van der Waals surface area contributed by atoms with Gasteiger partial charge in [0, 0.05) is 31.5 Å². The summed E-state index contributed by atoms with van der Waals surface area (Å²) in [6.07, 6.45) is 3.30. The van der Waals surface area contributed by atoms with Crippen molar-refractivity contribution < 1.29 is 18.4 Å². The normalized spacial score (nSPS) is 17.2. The molecule has 1 fully saturated rings. The third kappa shape index (κ3) is 4.31. The van der Waals surface area contributed by atoms with E-state index < -0.39 is 23.2 Å².